The van der Waals surface area contributed by atoms with Crippen molar-refractivity contribution in [2.24, 2.45) is 0 Å². The standard InChI is InChI=1S/C17H24N2O4/c1-5-18-17(21)12(3)19-16(20)10-8-13-7-9-14(22-4)15(11-13)23-6-2/h7-12H,5-6H2,1-4H3,(H,18,21)(H,19,20)/b10-8+/t12-/m1/s1. The molecule has 0 unspecified atom stereocenters. The Balaban J connectivity index is 2.71. The van der Waals surface area contributed by atoms with Crippen LogP contribution in [0.2, 0.25) is 0 Å². The van der Waals surface area contributed by atoms with Crippen LogP contribution in [0.25, 0.3) is 6.08 Å². The first-order valence-electron chi connectivity index (χ1n) is 7.58. The molecule has 0 saturated carbocycles. The fourth-order valence-electron chi connectivity index (χ4n) is 1.89. The van der Waals surface area contributed by atoms with Crippen LogP contribution in [0.5, 0.6) is 11.5 Å². The van der Waals surface area contributed by atoms with Crippen LogP contribution in [0.1, 0.15) is 26.3 Å². The lowest BCUT2D eigenvalue weighted by Crippen LogP contribution is -2.44. The number of ether oxygens (including phenoxy) is 2. The average molecular weight is 320 g/mol. The van der Waals surface area contributed by atoms with E-state index >= 15 is 0 Å². The molecular formula is C17H24N2O4. The Morgan fingerprint density at radius 1 is 1.26 bits per heavy atom. The number of amides is 2. The van der Waals surface area contributed by atoms with Crippen LogP contribution in [0, 0.1) is 0 Å². The molecule has 1 atom stereocenters. The summed E-state index contributed by atoms with van der Waals surface area (Å²) in [6.45, 7) is 6.40. The number of benzene rings is 1. The predicted octanol–water partition coefficient (Wildman–Crippen LogP) is 1.75. The monoisotopic (exact) mass is 320 g/mol. The summed E-state index contributed by atoms with van der Waals surface area (Å²) >= 11 is 0. The number of carbonyl (C=O) groups is 2. The van der Waals surface area contributed by atoms with Gasteiger partial charge in [0.2, 0.25) is 11.8 Å². The summed E-state index contributed by atoms with van der Waals surface area (Å²) in [6.07, 6.45) is 3.04. The molecule has 0 bridgehead atoms. The molecule has 0 saturated heterocycles. The normalized spacial score (nSPS) is 11.8. The minimum Gasteiger partial charge on any atom is -0.493 e. The lowest BCUT2D eigenvalue weighted by atomic mass is 10.2. The van der Waals surface area contributed by atoms with Crippen molar-refractivity contribution >= 4 is 17.9 Å². The topological polar surface area (TPSA) is 76.7 Å². The highest BCUT2D eigenvalue weighted by Crippen LogP contribution is 2.28. The molecule has 0 fully saturated rings. The molecule has 0 aliphatic rings. The molecule has 0 aromatic heterocycles. The van der Waals surface area contributed by atoms with Crippen molar-refractivity contribution in [2.45, 2.75) is 26.8 Å². The lowest BCUT2D eigenvalue weighted by Gasteiger charge is -2.11. The van der Waals surface area contributed by atoms with Crippen LogP contribution < -0.4 is 20.1 Å². The maximum atomic E-state index is 11.8. The van der Waals surface area contributed by atoms with E-state index in [1.54, 1.807) is 32.2 Å². The zero-order chi connectivity index (χ0) is 17.2. The van der Waals surface area contributed by atoms with Crippen molar-refractivity contribution in [3.63, 3.8) is 0 Å². The number of methoxy groups -OCH3 is 1. The van der Waals surface area contributed by atoms with Gasteiger partial charge in [-0.3, -0.25) is 9.59 Å². The molecule has 0 aliphatic carbocycles. The van der Waals surface area contributed by atoms with Gasteiger partial charge in [-0.15, -0.1) is 0 Å². The van der Waals surface area contributed by atoms with Gasteiger partial charge in [0.05, 0.1) is 13.7 Å². The van der Waals surface area contributed by atoms with Crippen LogP contribution >= 0.6 is 0 Å². The number of carbonyl (C=O) groups excluding carboxylic acids is 2. The number of rotatable bonds is 8. The van der Waals surface area contributed by atoms with Gasteiger partial charge in [-0.2, -0.15) is 0 Å². The molecule has 6 heteroatoms. The van der Waals surface area contributed by atoms with Crippen LogP contribution in [-0.2, 0) is 9.59 Å². The number of hydrogen-bond acceptors (Lipinski definition) is 4. The van der Waals surface area contributed by atoms with Crippen LogP contribution in [0.15, 0.2) is 24.3 Å². The van der Waals surface area contributed by atoms with Crippen molar-refractivity contribution in [3.05, 3.63) is 29.8 Å². The number of likely N-dealkylation sites (N-methyl/N-ethyl adjacent to an activating group) is 1. The smallest absolute Gasteiger partial charge is 0.244 e. The van der Waals surface area contributed by atoms with Crippen molar-refractivity contribution in [1.29, 1.82) is 0 Å². The summed E-state index contributed by atoms with van der Waals surface area (Å²) < 4.78 is 10.7. The van der Waals surface area contributed by atoms with E-state index in [-0.39, 0.29) is 11.8 Å². The maximum absolute atomic E-state index is 11.8. The summed E-state index contributed by atoms with van der Waals surface area (Å²) in [7, 11) is 1.57. The highest BCUT2D eigenvalue weighted by Gasteiger charge is 2.12. The van der Waals surface area contributed by atoms with Gasteiger partial charge < -0.3 is 20.1 Å². The third-order valence-electron chi connectivity index (χ3n) is 3.02. The van der Waals surface area contributed by atoms with Crippen LogP contribution in [-0.4, -0.2) is 38.1 Å². The maximum Gasteiger partial charge on any atom is 0.244 e. The van der Waals surface area contributed by atoms with E-state index in [1.807, 2.05) is 19.9 Å². The van der Waals surface area contributed by atoms with E-state index in [2.05, 4.69) is 10.6 Å². The third kappa shape index (κ3) is 6.02. The van der Waals surface area contributed by atoms with E-state index in [0.29, 0.717) is 24.7 Å². The van der Waals surface area contributed by atoms with E-state index < -0.39 is 6.04 Å². The minimum absolute atomic E-state index is 0.211. The molecule has 1 rings (SSSR count). The lowest BCUT2D eigenvalue weighted by molar-refractivity contribution is -0.126. The average Bonchev–Trinajstić information content (AvgIpc) is 2.53. The fourth-order valence-corrected chi connectivity index (χ4v) is 1.89. The number of nitrogens with one attached hydrogen (secondary N) is 2. The van der Waals surface area contributed by atoms with E-state index in [9.17, 15) is 9.59 Å². The molecule has 126 valence electrons. The van der Waals surface area contributed by atoms with Gasteiger partial charge in [0.15, 0.2) is 11.5 Å². The van der Waals surface area contributed by atoms with Gasteiger partial charge >= 0.3 is 0 Å². The van der Waals surface area contributed by atoms with Gasteiger partial charge in [0.1, 0.15) is 6.04 Å². The molecule has 1 aromatic carbocycles. The molecule has 23 heavy (non-hydrogen) atoms. The zero-order valence-corrected chi connectivity index (χ0v) is 14.0. The molecule has 2 amide bonds. The SMILES string of the molecule is CCNC(=O)[C@@H](C)NC(=O)/C=C/c1ccc(OC)c(OCC)c1. The molecule has 0 spiro atoms. The highest BCUT2D eigenvalue weighted by atomic mass is 16.5. The van der Waals surface area contributed by atoms with Gasteiger partial charge in [0.25, 0.3) is 0 Å². The van der Waals surface area contributed by atoms with E-state index in [4.69, 9.17) is 9.47 Å². The van der Waals surface area contributed by atoms with Crippen molar-refractivity contribution < 1.29 is 19.1 Å². The first-order valence-corrected chi connectivity index (χ1v) is 7.58. The van der Waals surface area contributed by atoms with E-state index in [0.717, 1.165) is 5.56 Å². The molecule has 0 radical (unpaired) electrons. The minimum atomic E-state index is -0.582. The Kier molecular flexibility index (Phi) is 7.66. The quantitative estimate of drug-likeness (QED) is 0.716. The van der Waals surface area contributed by atoms with Crippen LogP contribution in [0.4, 0.5) is 0 Å². The summed E-state index contributed by atoms with van der Waals surface area (Å²) in [5.41, 5.74) is 0.801. The fraction of sp³-hybridized carbons (Fsp3) is 0.412. The Morgan fingerprint density at radius 3 is 2.61 bits per heavy atom. The van der Waals surface area contributed by atoms with Crippen molar-refractivity contribution in [1.82, 2.24) is 10.6 Å². The zero-order valence-electron chi connectivity index (χ0n) is 14.0. The highest BCUT2D eigenvalue weighted by molar-refractivity contribution is 5.95. The van der Waals surface area contributed by atoms with Crippen LogP contribution in [0.3, 0.4) is 0 Å². The van der Waals surface area contributed by atoms with E-state index in [1.165, 1.54) is 6.08 Å². The second kappa shape index (κ2) is 9.50. The summed E-state index contributed by atoms with van der Waals surface area (Å²) in [4.78, 5) is 23.4. The molecule has 0 heterocycles. The Morgan fingerprint density at radius 2 is 2.00 bits per heavy atom. The molecule has 1 aromatic rings. The van der Waals surface area contributed by atoms with Gasteiger partial charge in [0, 0.05) is 12.6 Å². The third-order valence-corrected chi connectivity index (χ3v) is 3.02. The summed E-state index contributed by atoms with van der Waals surface area (Å²) in [5, 5.41) is 5.25. The molecule has 2 N–H and O–H groups in total. The second-order valence-corrected chi connectivity index (χ2v) is 4.80. The summed E-state index contributed by atoms with van der Waals surface area (Å²) in [5.74, 6) is 0.710. The van der Waals surface area contributed by atoms with Crippen molar-refractivity contribution in [2.75, 3.05) is 20.3 Å². The number of hydrogen-bond donors (Lipinski definition) is 2. The molecule has 6 nitrogen and oxygen atoms in total. The Hall–Kier alpha value is -2.50. The van der Waals surface area contributed by atoms with Crippen molar-refractivity contribution in [3.8, 4) is 11.5 Å². The molecular weight excluding hydrogens is 296 g/mol. The van der Waals surface area contributed by atoms with Gasteiger partial charge in [-0.05, 0) is 44.5 Å². The second-order valence-electron chi connectivity index (χ2n) is 4.80. The van der Waals surface area contributed by atoms with Gasteiger partial charge in [-0.25, -0.2) is 0 Å². The molecule has 0 aliphatic heterocycles. The van der Waals surface area contributed by atoms with Gasteiger partial charge in [-0.1, -0.05) is 6.07 Å². The first kappa shape index (κ1) is 18.5. The summed E-state index contributed by atoms with van der Waals surface area (Å²) in [6, 6.07) is 4.80. The first-order chi connectivity index (χ1) is 11.0. The Bertz CT molecular complexity index is 570. The Labute approximate surface area is 136 Å². The largest absolute Gasteiger partial charge is 0.493 e. The predicted molar refractivity (Wildman–Crippen MR) is 89.5 cm³/mol.